The number of rotatable bonds is 0. The van der Waals surface area contributed by atoms with E-state index in [1.54, 1.807) is 0 Å². The minimum Gasteiger partial charge on any atom is -0.240 e. The lowest BCUT2D eigenvalue weighted by Crippen LogP contribution is -2.59. The predicted octanol–water partition coefficient (Wildman–Crippen LogP) is 2.04. The molecule has 2 rings (SSSR count). The van der Waals surface area contributed by atoms with Crippen LogP contribution in [0.4, 0.5) is 22.0 Å². The highest BCUT2D eigenvalue weighted by atomic mass is 19.3. The predicted molar refractivity (Wildman–Crippen MR) is 26.7 cm³/mol. The largest absolute Gasteiger partial charge is 0.293 e. The molecule has 0 spiro atoms. The Bertz CT molecular complexity index is 214. The van der Waals surface area contributed by atoms with Crippen molar-refractivity contribution in [2.45, 2.75) is 30.4 Å². The summed E-state index contributed by atoms with van der Waals surface area (Å²) in [6.07, 6.45) is -2.64. The Labute approximate surface area is 59.4 Å². The highest BCUT2D eigenvalue weighted by Gasteiger charge is 3.04. The Hall–Kier alpha value is -0.350. The van der Waals surface area contributed by atoms with Gasteiger partial charge in [-0.2, -0.15) is 0 Å². The Kier molecular flexibility index (Phi) is 0.858. The molecule has 2 saturated carbocycles. The molecule has 0 radical (unpaired) electrons. The van der Waals surface area contributed by atoms with Gasteiger partial charge in [0.15, 0.2) is 11.8 Å². The van der Waals surface area contributed by atoms with Crippen LogP contribution in [0.15, 0.2) is 0 Å². The molecule has 2 aliphatic rings. The molecule has 0 aliphatic heterocycles. The van der Waals surface area contributed by atoms with Crippen molar-refractivity contribution in [2.75, 3.05) is 0 Å². The van der Waals surface area contributed by atoms with Crippen LogP contribution in [0.5, 0.6) is 0 Å². The molecule has 0 amide bonds. The summed E-state index contributed by atoms with van der Waals surface area (Å²) in [4.78, 5) is 0. The van der Waals surface area contributed by atoms with Crippen molar-refractivity contribution in [2.24, 2.45) is 5.92 Å². The molecule has 0 heterocycles. The van der Waals surface area contributed by atoms with Crippen LogP contribution in [0.3, 0.4) is 0 Å². The van der Waals surface area contributed by atoms with E-state index in [2.05, 4.69) is 0 Å². The smallest absolute Gasteiger partial charge is 0.240 e. The molecule has 11 heavy (non-hydrogen) atoms. The molecule has 0 nitrogen and oxygen atoms in total. The van der Waals surface area contributed by atoms with E-state index in [0.717, 1.165) is 6.92 Å². The van der Waals surface area contributed by atoms with E-state index in [-0.39, 0.29) is 0 Å². The van der Waals surface area contributed by atoms with Crippen LogP contribution in [0, 0.1) is 5.92 Å². The Morgan fingerprint density at radius 2 is 1.55 bits per heavy atom. The summed E-state index contributed by atoms with van der Waals surface area (Å²) < 4.78 is 62.3. The lowest BCUT2D eigenvalue weighted by atomic mass is 9.78. The molecular formula is C6H5F5. The molecule has 0 aromatic carbocycles. The van der Waals surface area contributed by atoms with Gasteiger partial charge in [-0.15, -0.1) is 0 Å². The normalized spacial score (nSPS) is 64.9. The molecule has 0 bridgehead atoms. The summed E-state index contributed by atoms with van der Waals surface area (Å²) in [5.74, 6) is -5.67. The summed E-state index contributed by atoms with van der Waals surface area (Å²) in [6, 6.07) is 0. The SMILES string of the molecule is CC1C(F)(F)C2(F)C(F)C12F. The van der Waals surface area contributed by atoms with Crippen molar-refractivity contribution in [3.05, 3.63) is 0 Å². The fourth-order valence-electron chi connectivity index (χ4n) is 1.84. The summed E-state index contributed by atoms with van der Waals surface area (Å²) in [6.45, 7) is 0.817. The summed E-state index contributed by atoms with van der Waals surface area (Å²) in [7, 11) is 0. The summed E-state index contributed by atoms with van der Waals surface area (Å²) in [5, 5.41) is 0. The van der Waals surface area contributed by atoms with Gasteiger partial charge in [-0.1, -0.05) is 6.92 Å². The van der Waals surface area contributed by atoms with Crippen LogP contribution in [-0.2, 0) is 0 Å². The molecule has 2 aliphatic carbocycles. The molecule has 64 valence electrons. The van der Waals surface area contributed by atoms with Gasteiger partial charge in [-0.3, -0.25) is 0 Å². The fraction of sp³-hybridized carbons (Fsp3) is 1.00. The zero-order chi connectivity index (χ0) is 8.65. The van der Waals surface area contributed by atoms with E-state index < -0.39 is 29.3 Å². The van der Waals surface area contributed by atoms with E-state index in [0.29, 0.717) is 0 Å². The molecular weight excluding hydrogens is 167 g/mol. The van der Waals surface area contributed by atoms with Crippen molar-refractivity contribution >= 4 is 0 Å². The van der Waals surface area contributed by atoms with Crippen molar-refractivity contribution in [3.63, 3.8) is 0 Å². The van der Waals surface area contributed by atoms with E-state index in [1.807, 2.05) is 0 Å². The van der Waals surface area contributed by atoms with E-state index in [4.69, 9.17) is 0 Å². The van der Waals surface area contributed by atoms with Gasteiger partial charge in [0.2, 0.25) is 5.67 Å². The van der Waals surface area contributed by atoms with Crippen molar-refractivity contribution in [1.82, 2.24) is 0 Å². The number of hydrogen-bond acceptors (Lipinski definition) is 0. The topological polar surface area (TPSA) is 0 Å². The van der Waals surface area contributed by atoms with Gasteiger partial charge in [-0.05, 0) is 0 Å². The average Bonchev–Trinajstić information content (AvgIpc) is 2.35. The third kappa shape index (κ3) is 0.359. The van der Waals surface area contributed by atoms with E-state index in [1.165, 1.54) is 0 Å². The second-order valence-corrected chi connectivity index (χ2v) is 3.19. The van der Waals surface area contributed by atoms with E-state index >= 15 is 0 Å². The maximum absolute atomic E-state index is 12.7. The third-order valence-corrected chi connectivity index (χ3v) is 2.85. The number of alkyl halides is 5. The molecule has 0 N–H and O–H groups in total. The summed E-state index contributed by atoms with van der Waals surface area (Å²) >= 11 is 0. The first kappa shape index (κ1) is 7.31. The van der Waals surface area contributed by atoms with Crippen molar-refractivity contribution in [3.8, 4) is 0 Å². The van der Waals surface area contributed by atoms with Gasteiger partial charge in [0.05, 0.1) is 5.92 Å². The van der Waals surface area contributed by atoms with Crippen LogP contribution in [-0.4, -0.2) is 23.4 Å². The first-order valence-corrected chi connectivity index (χ1v) is 3.21. The Morgan fingerprint density at radius 1 is 1.09 bits per heavy atom. The van der Waals surface area contributed by atoms with Crippen LogP contribution in [0.2, 0.25) is 0 Å². The van der Waals surface area contributed by atoms with Gasteiger partial charge < -0.3 is 0 Å². The molecule has 0 saturated heterocycles. The van der Waals surface area contributed by atoms with Gasteiger partial charge in [-0.25, -0.2) is 22.0 Å². The number of halogens is 5. The Balaban J connectivity index is 2.39. The standard InChI is InChI=1S/C6H5F5/c1-2-4(8)3(7)5(4,9)6(2,10)11/h2-3H,1H3. The first-order chi connectivity index (χ1) is 4.81. The summed E-state index contributed by atoms with van der Waals surface area (Å²) in [5.41, 5.74) is -6.42. The minimum atomic E-state index is -3.83. The highest BCUT2D eigenvalue weighted by Crippen LogP contribution is 2.79. The monoisotopic (exact) mass is 172 g/mol. The number of fused-ring (bicyclic) bond motifs is 1. The number of hydrogen-bond donors (Lipinski definition) is 0. The van der Waals surface area contributed by atoms with Crippen LogP contribution >= 0.6 is 0 Å². The van der Waals surface area contributed by atoms with Crippen molar-refractivity contribution in [1.29, 1.82) is 0 Å². The van der Waals surface area contributed by atoms with Gasteiger partial charge in [0, 0.05) is 0 Å². The highest BCUT2D eigenvalue weighted by molar-refractivity contribution is 5.46. The quantitative estimate of drug-likeness (QED) is 0.490. The van der Waals surface area contributed by atoms with Crippen LogP contribution < -0.4 is 0 Å². The maximum Gasteiger partial charge on any atom is 0.293 e. The van der Waals surface area contributed by atoms with Gasteiger partial charge in [0.1, 0.15) is 0 Å². The second-order valence-electron chi connectivity index (χ2n) is 3.19. The molecule has 0 aromatic heterocycles. The zero-order valence-electron chi connectivity index (χ0n) is 5.54. The maximum atomic E-state index is 12.7. The lowest BCUT2D eigenvalue weighted by molar-refractivity contribution is -0.233. The van der Waals surface area contributed by atoms with Crippen molar-refractivity contribution < 1.29 is 22.0 Å². The first-order valence-electron chi connectivity index (χ1n) is 3.21. The molecule has 0 aromatic rings. The third-order valence-electron chi connectivity index (χ3n) is 2.85. The van der Waals surface area contributed by atoms with Gasteiger partial charge >= 0.3 is 0 Å². The Morgan fingerprint density at radius 3 is 1.64 bits per heavy atom. The second kappa shape index (κ2) is 1.29. The molecule has 4 unspecified atom stereocenters. The minimum absolute atomic E-state index is 0.817. The van der Waals surface area contributed by atoms with Crippen LogP contribution in [0.1, 0.15) is 6.92 Å². The average molecular weight is 172 g/mol. The van der Waals surface area contributed by atoms with Gasteiger partial charge in [0.25, 0.3) is 5.92 Å². The molecule has 5 heteroatoms. The molecule has 4 atom stereocenters. The molecule has 2 fully saturated rings. The van der Waals surface area contributed by atoms with Crippen LogP contribution in [0.25, 0.3) is 0 Å². The zero-order valence-corrected chi connectivity index (χ0v) is 5.54. The fourth-order valence-corrected chi connectivity index (χ4v) is 1.84. The lowest BCUT2D eigenvalue weighted by Gasteiger charge is -2.38. The van der Waals surface area contributed by atoms with E-state index in [9.17, 15) is 22.0 Å².